The summed E-state index contributed by atoms with van der Waals surface area (Å²) in [6, 6.07) is 17.5. The first-order valence-corrected chi connectivity index (χ1v) is 16.4. The Morgan fingerprint density at radius 3 is 2.20 bits per heavy atom. The second-order valence-corrected chi connectivity index (χ2v) is 14.6. The second-order valence-electron chi connectivity index (χ2n) is 11.3. The van der Waals surface area contributed by atoms with E-state index in [0.29, 0.717) is 21.2 Å². The van der Waals surface area contributed by atoms with Gasteiger partial charge in [0, 0.05) is 10.0 Å². The Morgan fingerprint density at radius 1 is 0.977 bits per heavy atom. The lowest BCUT2D eigenvalue weighted by atomic mass is 9.88. The van der Waals surface area contributed by atoms with E-state index in [2.05, 4.69) is 0 Å². The molecule has 1 aliphatic rings. The Hall–Kier alpha value is -3.18. The van der Waals surface area contributed by atoms with Gasteiger partial charge in [0.2, 0.25) is 10.0 Å². The molecule has 1 saturated heterocycles. The topological polar surface area (TPSA) is 104 Å². The van der Waals surface area contributed by atoms with Gasteiger partial charge < -0.3 is 14.7 Å². The summed E-state index contributed by atoms with van der Waals surface area (Å²) < 4.78 is 50.0. The summed E-state index contributed by atoms with van der Waals surface area (Å²) >= 11 is 12.6. The predicted octanol–water partition coefficient (Wildman–Crippen LogP) is 6.89. The minimum absolute atomic E-state index is 0.149. The van der Waals surface area contributed by atoms with Crippen LogP contribution in [-0.2, 0) is 24.3 Å². The number of carboxylic acids is 1. The van der Waals surface area contributed by atoms with Crippen LogP contribution in [-0.4, -0.2) is 54.2 Å². The molecule has 0 radical (unpaired) electrons. The zero-order valence-corrected chi connectivity index (χ0v) is 27.1. The van der Waals surface area contributed by atoms with Crippen molar-refractivity contribution < 1.29 is 32.2 Å². The molecule has 8 nitrogen and oxygen atoms in total. The average Bonchev–Trinajstić information content (AvgIpc) is 2.95. The van der Waals surface area contributed by atoms with E-state index in [1.54, 1.807) is 54.6 Å². The summed E-state index contributed by atoms with van der Waals surface area (Å²) in [5.74, 6) is -2.97. The molecular formula is C32H35Cl2FN2O6S. The monoisotopic (exact) mass is 664 g/mol. The lowest BCUT2D eigenvalue weighted by molar-refractivity contribution is -0.184. The van der Waals surface area contributed by atoms with E-state index in [1.165, 1.54) is 36.9 Å². The third kappa shape index (κ3) is 7.20. The van der Waals surface area contributed by atoms with Crippen LogP contribution in [0.4, 0.5) is 10.1 Å². The maximum atomic E-state index is 15.2. The summed E-state index contributed by atoms with van der Waals surface area (Å²) in [4.78, 5) is 27.7. The fraction of sp³-hybridized carbons (Fsp3) is 0.375. The highest BCUT2D eigenvalue weighted by molar-refractivity contribution is 7.93. The van der Waals surface area contributed by atoms with Gasteiger partial charge in [0.25, 0.3) is 5.91 Å². The van der Waals surface area contributed by atoms with Crippen LogP contribution >= 0.6 is 23.2 Å². The molecule has 1 fully saturated rings. The molecule has 3 aromatic rings. The van der Waals surface area contributed by atoms with E-state index < -0.39 is 63.7 Å². The quantitative estimate of drug-likeness (QED) is 0.239. The zero-order chi connectivity index (χ0) is 32.3. The molecule has 1 heterocycles. The van der Waals surface area contributed by atoms with Crippen molar-refractivity contribution in [2.75, 3.05) is 10.8 Å². The fourth-order valence-corrected chi connectivity index (χ4v) is 7.02. The molecule has 0 aliphatic carbocycles. The summed E-state index contributed by atoms with van der Waals surface area (Å²) in [7, 11) is -4.10. The molecule has 1 unspecified atom stereocenters. The van der Waals surface area contributed by atoms with Crippen LogP contribution in [0.2, 0.25) is 10.0 Å². The van der Waals surface area contributed by atoms with Crippen LogP contribution in [0.1, 0.15) is 57.4 Å². The molecule has 0 bridgehead atoms. The number of carboxylic acid groups (broad SMARTS) is 1. The highest BCUT2D eigenvalue weighted by atomic mass is 35.5. The van der Waals surface area contributed by atoms with E-state index in [4.69, 9.17) is 27.9 Å². The molecule has 4 atom stereocenters. The highest BCUT2D eigenvalue weighted by Gasteiger charge is 2.49. The lowest BCUT2D eigenvalue weighted by Gasteiger charge is -2.50. The van der Waals surface area contributed by atoms with Crippen LogP contribution in [0.25, 0.3) is 0 Å². The molecule has 236 valence electrons. The van der Waals surface area contributed by atoms with Gasteiger partial charge in [-0.2, -0.15) is 0 Å². The number of morpholine rings is 1. The van der Waals surface area contributed by atoms with Gasteiger partial charge in [-0.1, -0.05) is 73.4 Å². The minimum atomic E-state index is -4.10. The Balaban J connectivity index is 1.95. The number of nitrogens with zero attached hydrogens (tertiary/aromatic N) is 2. The third-order valence-corrected chi connectivity index (χ3v) is 10.3. The largest absolute Gasteiger partial charge is 0.481 e. The molecule has 0 saturated carbocycles. The molecule has 1 amide bonds. The number of carbonyl (C=O) groups is 2. The predicted molar refractivity (Wildman–Crippen MR) is 169 cm³/mol. The number of halogens is 3. The molecule has 1 aliphatic heterocycles. The number of hydrogen-bond donors (Lipinski definition) is 1. The summed E-state index contributed by atoms with van der Waals surface area (Å²) in [5.41, 5.74) is 1.06. The molecule has 3 aromatic carbocycles. The number of anilines is 1. The number of amides is 1. The number of aliphatic carboxylic acids is 1. The van der Waals surface area contributed by atoms with Gasteiger partial charge in [-0.25, -0.2) is 12.8 Å². The number of benzene rings is 3. The van der Waals surface area contributed by atoms with Gasteiger partial charge in [-0.15, -0.1) is 0 Å². The summed E-state index contributed by atoms with van der Waals surface area (Å²) in [6.45, 7) is 6.37. The van der Waals surface area contributed by atoms with Crippen LogP contribution < -0.4 is 4.31 Å². The second kappa shape index (κ2) is 13.9. The van der Waals surface area contributed by atoms with Gasteiger partial charge in [0.05, 0.1) is 36.0 Å². The van der Waals surface area contributed by atoms with Gasteiger partial charge in [0.1, 0.15) is 18.0 Å². The fourth-order valence-electron chi connectivity index (χ4n) is 5.40. The van der Waals surface area contributed by atoms with E-state index in [0.717, 1.165) is 4.31 Å². The smallest absolute Gasteiger partial charge is 0.306 e. The molecule has 44 heavy (non-hydrogen) atoms. The number of ether oxygens (including phenoxy) is 1. The van der Waals surface area contributed by atoms with Crippen molar-refractivity contribution in [3.63, 3.8) is 0 Å². The standard InChI is InChI=1S/C32H35Cl2FN2O6S/c1-19(2)27(18-36(44(41,42)20(3)4)26-11-6-5-10-25(26)35)37-30(21-12-14-23(33)15-13-21)31(22-8-7-9-24(34)16-22)43-28(32(37)40)17-29(38)39/h5-16,19-20,27-28,30-31H,17-18H2,1-4H3,(H,38,39)/t27?,28-,30-,31-/m1/s1. The molecule has 0 aromatic heterocycles. The summed E-state index contributed by atoms with van der Waals surface area (Å²) in [5, 5.41) is 9.68. The van der Waals surface area contributed by atoms with Crippen molar-refractivity contribution in [1.82, 2.24) is 4.90 Å². The maximum absolute atomic E-state index is 15.2. The van der Waals surface area contributed by atoms with Crippen LogP contribution in [0.3, 0.4) is 0 Å². The first-order chi connectivity index (χ1) is 20.7. The Kier molecular flexibility index (Phi) is 10.6. The SMILES string of the molecule is CC(C)C(CN(c1ccccc1F)S(=O)(=O)C(C)C)N1C(=O)[C@@H](CC(=O)O)O[C@H](c2cccc(Cl)c2)[C@H]1c1ccc(Cl)cc1. The normalized spacial score (nSPS) is 19.8. The third-order valence-electron chi connectivity index (χ3n) is 7.68. The highest BCUT2D eigenvalue weighted by Crippen LogP contribution is 2.45. The number of sulfonamides is 1. The Morgan fingerprint density at radius 2 is 1.64 bits per heavy atom. The van der Waals surface area contributed by atoms with Crippen molar-refractivity contribution in [3.05, 3.63) is 99.8 Å². The number of para-hydroxylation sites is 1. The lowest BCUT2D eigenvalue weighted by Crippen LogP contribution is -2.59. The van der Waals surface area contributed by atoms with E-state index in [1.807, 2.05) is 13.8 Å². The van der Waals surface area contributed by atoms with Gasteiger partial charge in [-0.05, 0) is 67.3 Å². The van der Waals surface area contributed by atoms with Crippen molar-refractivity contribution >= 4 is 50.8 Å². The molecule has 12 heteroatoms. The van der Waals surface area contributed by atoms with Crippen LogP contribution in [0, 0.1) is 11.7 Å². The maximum Gasteiger partial charge on any atom is 0.306 e. The average molecular weight is 666 g/mol. The number of hydrogen-bond acceptors (Lipinski definition) is 5. The first kappa shape index (κ1) is 33.7. The Bertz CT molecular complexity index is 1600. The molecule has 4 rings (SSSR count). The first-order valence-electron chi connectivity index (χ1n) is 14.2. The van der Waals surface area contributed by atoms with E-state index in [-0.39, 0.29) is 18.2 Å². The van der Waals surface area contributed by atoms with Crippen molar-refractivity contribution in [1.29, 1.82) is 0 Å². The number of carbonyl (C=O) groups excluding carboxylic acids is 1. The van der Waals surface area contributed by atoms with Crippen LogP contribution in [0.5, 0.6) is 0 Å². The van der Waals surface area contributed by atoms with Gasteiger partial charge in [-0.3, -0.25) is 13.9 Å². The minimum Gasteiger partial charge on any atom is -0.481 e. The van der Waals surface area contributed by atoms with E-state index in [9.17, 15) is 23.1 Å². The number of rotatable bonds is 11. The van der Waals surface area contributed by atoms with Crippen molar-refractivity contribution in [2.24, 2.45) is 5.92 Å². The molecular weight excluding hydrogens is 630 g/mol. The van der Waals surface area contributed by atoms with Crippen LogP contribution in [0.15, 0.2) is 72.8 Å². The van der Waals surface area contributed by atoms with Gasteiger partial charge >= 0.3 is 5.97 Å². The van der Waals surface area contributed by atoms with Crippen molar-refractivity contribution in [3.8, 4) is 0 Å². The Labute approximate surface area is 267 Å². The van der Waals surface area contributed by atoms with Crippen molar-refractivity contribution in [2.45, 2.75) is 63.7 Å². The molecule has 1 N–H and O–H groups in total. The van der Waals surface area contributed by atoms with E-state index >= 15 is 4.39 Å². The molecule has 0 spiro atoms. The zero-order valence-electron chi connectivity index (χ0n) is 24.7. The van der Waals surface area contributed by atoms with Gasteiger partial charge in [0.15, 0.2) is 0 Å². The summed E-state index contributed by atoms with van der Waals surface area (Å²) in [6.07, 6.45) is -2.89.